The smallest absolute Gasteiger partial charge is 0.223 e. The van der Waals surface area contributed by atoms with Crippen molar-refractivity contribution in [2.75, 3.05) is 19.7 Å². The minimum Gasteiger partial charge on any atom is -0.396 e. The van der Waals surface area contributed by atoms with Gasteiger partial charge in [-0.25, -0.2) is 0 Å². The summed E-state index contributed by atoms with van der Waals surface area (Å²) >= 11 is 5.13. The highest BCUT2D eigenvalue weighted by Crippen LogP contribution is 2.23. The first-order chi connectivity index (χ1) is 7.69. The molecule has 0 aromatic carbocycles. The third-order valence-electron chi connectivity index (χ3n) is 2.81. The lowest BCUT2D eigenvalue weighted by atomic mass is 10.1. The number of nitrogens with zero attached hydrogens (tertiary/aromatic N) is 1. The summed E-state index contributed by atoms with van der Waals surface area (Å²) in [5, 5.41) is 9.01. The second-order valence-corrected chi connectivity index (χ2v) is 6.60. The summed E-state index contributed by atoms with van der Waals surface area (Å²) in [6, 6.07) is 4.11. The summed E-state index contributed by atoms with van der Waals surface area (Å²) in [6.45, 7) is 1.59. The average molecular weight is 304 g/mol. The minimum absolute atomic E-state index is 0.118. The number of thiophene rings is 1. The van der Waals surface area contributed by atoms with Gasteiger partial charge in [0.15, 0.2) is 0 Å². The highest BCUT2D eigenvalue weighted by atomic mass is 79.9. The van der Waals surface area contributed by atoms with Gasteiger partial charge in [0.1, 0.15) is 0 Å². The van der Waals surface area contributed by atoms with Crippen LogP contribution in [-0.4, -0.2) is 35.6 Å². The van der Waals surface area contributed by atoms with Crippen LogP contribution in [0, 0.1) is 5.92 Å². The monoisotopic (exact) mass is 303 g/mol. The van der Waals surface area contributed by atoms with Gasteiger partial charge in [-0.2, -0.15) is 0 Å². The van der Waals surface area contributed by atoms with Gasteiger partial charge in [0.25, 0.3) is 0 Å². The zero-order valence-electron chi connectivity index (χ0n) is 8.86. The Morgan fingerprint density at radius 1 is 1.56 bits per heavy atom. The van der Waals surface area contributed by atoms with Gasteiger partial charge < -0.3 is 10.0 Å². The number of likely N-dealkylation sites (tertiary alicyclic amines) is 1. The van der Waals surface area contributed by atoms with Crippen molar-refractivity contribution in [2.45, 2.75) is 12.8 Å². The van der Waals surface area contributed by atoms with Crippen molar-refractivity contribution >= 4 is 33.2 Å². The van der Waals surface area contributed by atoms with Crippen molar-refractivity contribution in [3.8, 4) is 0 Å². The van der Waals surface area contributed by atoms with E-state index in [9.17, 15) is 4.79 Å². The van der Waals surface area contributed by atoms with E-state index in [0.29, 0.717) is 13.0 Å². The lowest BCUT2D eigenvalue weighted by molar-refractivity contribution is -0.127. The van der Waals surface area contributed by atoms with Crippen LogP contribution in [0.1, 0.15) is 11.3 Å². The van der Waals surface area contributed by atoms with Gasteiger partial charge in [0.2, 0.25) is 5.91 Å². The number of rotatable bonds is 4. The molecule has 1 aromatic heterocycles. The number of carbonyl (C=O) groups excluding carboxylic acids is 1. The second kappa shape index (κ2) is 5.29. The molecule has 5 heteroatoms. The van der Waals surface area contributed by atoms with Gasteiger partial charge in [-0.3, -0.25) is 4.79 Å². The lowest BCUT2D eigenvalue weighted by Crippen LogP contribution is -2.27. The number of amides is 1. The summed E-state index contributed by atoms with van der Waals surface area (Å²) in [5.74, 6) is 0.317. The molecule has 1 fully saturated rings. The molecule has 2 rings (SSSR count). The highest BCUT2D eigenvalue weighted by molar-refractivity contribution is 9.11. The summed E-state index contributed by atoms with van der Waals surface area (Å²) in [5.41, 5.74) is 0. The lowest BCUT2D eigenvalue weighted by Gasteiger charge is -2.15. The zero-order valence-corrected chi connectivity index (χ0v) is 11.3. The van der Waals surface area contributed by atoms with E-state index >= 15 is 0 Å². The van der Waals surface area contributed by atoms with Crippen molar-refractivity contribution in [2.24, 2.45) is 5.92 Å². The Kier molecular flexibility index (Phi) is 4.00. The Morgan fingerprint density at radius 3 is 2.94 bits per heavy atom. The molecule has 0 saturated carbocycles. The predicted molar refractivity (Wildman–Crippen MR) is 67.5 cm³/mol. The fraction of sp³-hybridized carbons (Fsp3) is 0.545. The molecule has 0 radical (unpaired) electrons. The molecule has 16 heavy (non-hydrogen) atoms. The first-order valence-corrected chi connectivity index (χ1v) is 6.93. The first kappa shape index (κ1) is 12.1. The zero-order chi connectivity index (χ0) is 11.5. The highest BCUT2D eigenvalue weighted by Gasteiger charge is 2.28. The van der Waals surface area contributed by atoms with Gasteiger partial charge in [0.05, 0.1) is 3.79 Å². The normalized spacial score (nSPS) is 20.8. The van der Waals surface area contributed by atoms with E-state index in [1.165, 1.54) is 4.88 Å². The molecule has 1 amide bonds. The van der Waals surface area contributed by atoms with Crippen LogP contribution in [0.2, 0.25) is 0 Å². The first-order valence-electron chi connectivity index (χ1n) is 5.32. The van der Waals surface area contributed by atoms with E-state index in [2.05, 4.69) is 22.0 Å². The maximum atomic E-state index is 11.6. The minimum atomic E-state index is 0.118. The van der Waals surface area contributed by atoms with Crippen molar-refractivity contribution in [3.63, 3.8) is 0 Å². The molecule has 1 saturated heterocycles. The third-order valence-corrected chi connectivity index (χ3v) is 4.49. The Bertz CT molecular complexity index is 380. The number of hydrogen-bond donors (Lipinski definition) is 1. The fourth-order valence-corrected chi connectivity index (χ4v) is 3.40. The Balaban J connectivity index is 1.84. The van der Waals surface area contributed by atoms with Crippen LogP contribution in [0.5, 0.6) is 0 Å². The van der Waals surface area contributed by atoms with E-state index in [-0.39, 0.29) is 18.4 Å². The van der Waals surface area contributed by atoms with Crippen molar-refractivity contribution < 1.29 is 9.90 Å². The molecule has 1 N–H and O–H groups in total. The molecule has 1 atom stereocenters. The van der Waals surface area contributed by atoms with Gasteiger partial charge in [-0.05, 0) is 34.5 Å². The van der Waals surface area contributed by atoms with Crippen molar-refractivity contribution in [3.05, 3.63) is 20.8 Å². The molecule has 3 nitrogen and oxygen atoms in total. The van der Waals surface area contributed by atoms with Crippen LogP contribution in [-0.2, 0) is 11.2 Å². The van der Waals surface area contributed by atoms with Gasteiger partial charge in [-0.15, -0.1) is 11.3 Å². The Morgan fingerprint density at radius 2 is 2.38 bits per heavy atom. The molecule has 88 valence electrons. The van der Waals surface area contributed by atoms with E-state index in [1.807, 2.05) is 11.0 Å². The number of halogens is 1. The van der Waals surface area contributed by atoms with Gasteiger partial charge in [0, 0.05) is 36.9 Å². The molecule has 0 spiro atoms. The van der Waals surface area contributed by atoms with Crippen LogP contribution in [0.3, 0.4) is 0 Å². The number of aliphatic hydroxyl groups is 1. The van der Waals surface area contributed by atoms with E-state index in [4.69, 9.17) is 5.11 Å². The quantitative estimate of drug-likeness (QED) is 0.923. The van der Waals surface area contributed by atoms with Crippen LogP contribution in [0.25, 0.3) is 0 Å². The number of carbonyl (C=O) groups is 1. The number of aliphatic hydroxyl groups excluding tert-OH is 1. The number of hydrogen-bond acceptors (Lipinski definition) is 3. The van der Waals surface area contributed by atoms with Crippen LogP contribution in [0.15, 0.2) is 15.9 Å². The van der Waals surface area contributed by atoms with Crippen LogP contribution >= 0.6 is 27.3 Å². The Hall–Kier alpha value is -0.390. The molecule has 2 heterocycles. The molecule has 1 aromatic rings. The van der Waals surface area contributed by atoms with E-state index in [0.717, 1.165) is 16.8 Å². The predicted octanol–water partition coefficient (Wildman–Crippen LogP) is 1.89. The van der Waals surface area contributed by atoms with E-state index in [1.54, 1.807) is 11.3 Å². The van der Waals surface area contributed by atoms with Crippen LogP contribution < -0.4 is 0 Å². The fourth-order valence-electron chi connectivity index (χ4n) is 1.92. The molecule has 0 aliphatic carbocycles. The summed E-state index contributed by atoms with van der Waals surface area (Å²) in [6.07, 6.45) is 1.41. The topological polar surface area (TPSA) is 40.5 Å². The standard InChI is InChI=1S/C11H14BrNO2S/c12-10-2-1-9(16-10)3-4-13-6-8(7-14)5-11(13)15/h1-2,8,14H,3-7H2. The van der Waals surface area contributed by atoms with Crippen molar-refractivity contribution in [1.29, 1.82) is 0 Å². The summed E-state index contributed by atoms with van der Waals surface area (Å²) in [4.78, 5) is 14.7. The third kappa shape index (κ3) is 2.84. The Labute approximate surface area is 107 Å². The summed E-state index contributed by atoms with van der Waals surface area (Å²) in [7, 11) is 0. The SMILES string of the molecule is O=C1CC(CO)CN1CCc1ccc(Br)s1. The molecule has 1 unspecified atom stereocenters. The average Bonchev–Trinajstić information content (AvgIpc) is 2.82. The largest absolute Gasteiger partial charge is 0.396 e. The molecular formula is C11H14BrNO2S. The maximum Gasteiger partial charge on any atom is 0.223 e. The van der Waals surface area contributed by atoms with Gasteiger partial charge >= 0.3 is 0 Å². The van der Waals surface area contributed by atoms with Gasteiger partial charge in [-0.1, -0.05) is 0 Å². The molecule has 0 bridgehead atoms. The van der Waals surface area contributed by atoms with E-state index < -0.39 is 0 Å². The second-order valence-electron chi connectivity index (χ2n) is 4.05. The molecule has 1 aliphatic heterocycles. The summed E-state index contributed by atoms with van der Waals surface area (Å²) < 4.78 is 1.13. The molecule has 1 aliphatic rings. The maximum absolute atomic E-state index is 11.6. The van der Waals surface area contributed by atoms with Crippen LogP contribution in [0.4, 0.5) is 0 Å². The molecular weight excluding hydrogens is 290 g/mol. The van der Waals surface area contributed by atoms with Crippen molar-refractivity contribution in [1.82, 2.24) is 4.90 Å².